The summed E-state index contributed by atoms with van der Waals surface area (Å²) in [6.07, 6.45) is 2.00. The summed E-state index contributed by atoms with van der Waals surface area (Å²) in [4.78, 5) is 14.0. The number of nitrogens with one attached hydrogen (secondary N) is 1. The van der Waals surface area contributed by atoms with E-state index < -0.39 is 0 Å². The predicted molar refractivity (Wildman–Crippen MR) is 84.8 cm³/mol. The van der Waals surface area contributed by atoms with Crippen LogP contribution in [-0.4, -0.2) is 51.9 Å². The summed E-state index contributed by atoms with van der Waals surface area (Å²) < 4.78 is 20.3. The van der Waals surface area contributed by atoms with Crippen LogP contribution in [0.2, 0.25) is 0 Å². The molecule has 0 spiro atoms. The number of aryl methyl sites for hydroxylation is 1. The number of carbonyl (C=O) groups excluding carboxylic acids is 1. The van der Waals surface area contributed by atoms with Gasteiger partial charge >= 0.3 is 6.03 Å². The number of morpholine rings is 1. The summed E-state index contributed by atoms with van der Waals surface area (Å²) in [7, 11) is 1.85. The molecule has 1 aromatic carbocycles. The second kappa shape index (κ2) is 7.39. The van der Waals surface area contributed by atoms with Crippen molar-refractivity contribution in [3.63, 3.8) is 0 Å². The molecule has 7 nitrogen and oxygen atoms in total. The first-order valence-corrected chi connectivity index (χ1v) is 7.86. The molecule has 0 aliphatic carbocycles. The summed E-state index contributed by atoms with van der Waals surface area (Å²) >= 11 is 0. The van der Waals surface area contributed by atoms with Crippen molar-refractivity contribution >= 4 is 6.03 Å². The molecule has 0 saturated carbocycles. The number of amides is 2. The maximum atomic E-state index is 12.9. The number of urea groups is 1. The van der Waals surface area contributed by atoms with E-state index in [2.05, 4.69) is 15.5 Å². The van der Waals surface area contributed by atoms with Crippen LogP contribution < -0.4 is 5.32 Å². The topological polar surface area (TPSA) is 72.3 Å². The number of benzene rings is 1. The first-order valence-electron chi connectivity index (χ1n) is 7.86. The highest BCUT2D eigenvalue weighted by molar-refractivity contribution is 5.74. The number of halogens is 1. The van der Waals surface area contributed by atoms with E-state index in [9.17, 15) is 9.18 Å². The molecule has 128 valence electrons. The summed E-state index contributed by atoms with van der Waals surface area (Å²) in [5.41, 5.74) is 0.982. The monoisotopic (exact) mass is 333 g/mol. The average molecular weight is 333 g/mol. The Morgan fingerprint density at radius 2 is 2.21 bits per heavy atom. The molecule has 2 heterocycles. The van der Waals surface area contributed by atoms with E-state index in [0.717, 1.165) is 5.56 Å². The van der Waals surface area contributed by atoms with Gasteiger partial charge in [0.1, 0.15) is 18.2 Å². The molecule has 1 aliphatic rings. The zero-order chi connectivity index (χ0) is 16.9. The van der Waals surface area contributed by atoms with Crippen molar-refractivity contribution in [1.29, 1.82) is 0 Å². The number of hydrogen-bond donors (Lipinski definition) is 1. The molecule has 2 aromatic rings. The normalized spacial score (nSPS) is 17.8. The Hall–Kier alpha value is -2.48. The number of ether oxygens (including phenoxy) is 1. The number of nitrogens with zero attached hydrogens (tertiary/aromatic N) is 4. The Morgan fingerprint density at radius 1 is 1.42 bits per heavy atom. The third-order valence-corrected chi connectivity index (χ3v) is 3.99. The quantitative estimate of drug-likeness (QED) is 0.915. The first kappa shape index (κ1) is 16.4. The van der Waals surface area contributed by atoms with Crippen molar-refractivity contribution < 1.29 is 13.9 Å². The maximum Gasteiger partial charge on any atom is 0.317 e. The molecule has 1 saturated heterocycles. The van der Waals surface area contributed by atoms with E-state index in [1.54, 1.807) is 27.9 Å². The van der Waals surface area contributed by atoms with Crippen molar-refractivity contribution in [2.45, 2.75) is 12.5 Å². The molecule has 2 amide bonds. The first-order chi connectivity index (χ1) is 11.6. The number of rotatable bonds is 4. The summed E-state index contributed by atoms with van der Waals surface area (Å²) in [6, 6.07) is 6.16. The molecule has 1 N–H and O–H groups in total. The lowest BCUT2D eigenvalue weighted by molar-refractivity contribution is -0.0214. The van der Waals surface area contributed by atoms with E-state index in [1.807, 2.05) is 7.05 Å². The molecule has 1 aliphatic heterocycles. The van der Waals surface area contributed by atoms with Crippen LogP contribution in [0.3, 0.4) is 0 Å². The van der Waals surface area contributed by atoms with Gasteiger partial charge in [-0.25, -0.2) is 9.18 Å². The van der Waals surface area contributed by atoms with E-state index in [-0.39, 0.29) is 18.0 Å². The highest BCUT2D eigenvalue weighted by Gasteiger charge is 2.28. The third-order valence-electron chi connectivity index (χ3n) is 3.99. The molecule has 24 heavy (non-hydrogen) atoms. The van der Waals surface area contributed by atoms with Crippen LogP contribution in [0.15, 0.2) is 30.6 Å². The lowest BCUT2D eigenvalue weighted by Crippen LogP contribution is -2.47. The van der Waals surface area contributed by atoms with E-state index in [4.69, 9.17) is 4.74 Å². The zero-order valence-electron chi connectivity index (χ0n) is 13.5. The fourth-order valence-corrected chi connectivity index (χ4v) is 2.65. The van der Waals surface area contributed by atoms with Gasteiger partial charge in [-0.15, -0.1) is 10.2 Å². The van der Waals surface area contributed by atoms with Crippen molar-refractivity contribution in [3.8, 4) is 0 Å². The van der Waals surface area contributed by atoms with Crippen molar-refractivity contribution in [2.24, 2.45) is 7.05 Å². The zero-order valence-corrected chi connectivity index (χ0v) is 13.5. The maximum absolute atomic E-state index is 12.9. The minimum atomic E-state index is -0.269. The molecular weight excluding hydrogens is 313 g/mol. The number of hydrogen-bond acceptors (Lipinski definition) is 4. The molecule has 8 heteroatoms. The highest BCUT2D eigenvalue weighted by Crippen LogP contribution is 2.19. The molecule has 0 bridgehead atoms. The van der Waals surface area contributed by atoms with Gasteiger partial charge in [0, 0.05) is 20.1 Å². The molecule has 3 rings (SSSR count). The summed E-state index contributed by atoms with van der Waals surface area (Å²) in [5, 5.41) is 10.8. The van der Waals surface area contributed by atoms with Crippen LogP contribution in [0.5, 0.6) is 0 Å². The van der Waals surface area contributed by atoms with E-state index in [1.165, 1.54) is 12.1 Å². The number of aromatic nitrogens is 3. The molecule has 0 radical (unpaired) electrons. The number of carbonyl (C=O) groups is 1. The Morgan fingerprint density at radius 3 is 2.92 bits per heavy atom. The second-order valence-electron chi connectivity index (χ2n) is 5.71. The van der Waals surface area contributed by atoms with Gasteiger partial charge in [-0.2, -0.15) is 0 Å². The Labute approximate surface area is 139 Å². The van der Waals surface area contributed by atoms with Crippen LogP contribution in [0.25, 0.3) is 0 Å². The largest absolute Gasteiger partial charge is 0.366 e. The van der Waals surface area contributed by atoms with Crippen LogP contribution in [0.1, 0.15) is 17.5 Å². The van der Waals surface area contributed by atoms with E-state index in [0.29, 0.717) is 38.5 Å². The van der Waals surface area contributed by atoms with Crippen LogP contribution in [0.4, 0.5) is 9.18 Å². The van der Waals surface area contributed by atoms with Gasteiger partial charge in [0.2, 0.25) is 0 Å². The van der Waals surface area contributed by atoms with E-state index >= 15 is 0 Å². The second-order valence-corrected chi connectivity index (χ2v) is 5.71. The Balaban J connectivity index is 1.49. The standard InChI is InChI=1S/C16H20FN5O2/c1-21-11-19-20-15(21)14-10-22(8-9-24-14)16(23)18-7-6-12-2-4-13(17)5-3-12/h2-5,11,14H,6-10H2,1H3,(H,18,23)/t14-/m1/s1. The molecule has 1 aromatic heterocycles. The Bertz CT molecular complexity index is 688. The molecule has 1 fully saturated rings. The van der Waals surface area contributed by atoms with Crippen molar-refractivity contribution in [3.05, 3.63) is 47.8 Å². The lowest BCUT2D eigenvalue weighted by atomic mass is 10.1. The van der Waals surface area contributed by atoms with Gasteiger partial charge < -0.3 is 19.5 Å². The highest BCUT2D eigenvalue weighted by atomic mass is 19.1. The average Bonchev–Trinajstić information content (AvgIpc) is 3.03. The van der Waals surface area contributed by atoms with Gasteiger partial charge in [0.15, 0.2) is 5.82 Å². The predicted octanol–water partition coefficient (Wildman–Crippen LogP) is 1.28. The van der Waals surface area contributed by atoms with Gasteiger partial charge in [-0.1, -0.05) is 12.1 Å². The van der Waals surface area contributed by atoms with Crippen molar-refractivity contribution in [1.82, 2.24) is 25.0 Å². The lowest BCUT2D eigenvalue weighted by Gasteiger charge is -2.32. The third kappa shape index (κ3) is 3.88. The van der Waals surface area contributed by atoms with Crippen LogP contribution >= 0.6 is 0 Å². The molecule has 0 unspecified atom stereocenters. The van der Waals surface area contributed by atoms with Gasteiger partial charge in [-0.05, 0) is 24.1 Å². The summed E-state index contributed by atoms with van der Waals surface area (Å²) in [6.45, 7) is 1.94. The minimum absolute atomic E-state index is 0.132. The van der Waals surface area contributed by atoms with Crippen LogP contribution in [0, 0.1) is 5.82 Å². The minimum Gasteiger partial charge on any atom is -0.366 e. The molecule has 1 atom stereocenters. The van der Waals surface area contributed by atoms with Crippen LogP contribution in [-0.2, 0) is 18.2 Å². The fraction of sp³-hybridized carbons (Fsp3) is 0.438. The van der Waals surface area contributed by atoms with Gasteiger partial charge in [-0.3, -0.25) is 0 Å². The van der Waals surface area contributed by atoms with Gasteiger partial charge in [0.05, 0.1) is 13.2 Å². The van der Waals surface area contributed by atoms with Crippen molar-refractivity contribution in [2.75, 3.05) is 26.2 Å². The Kier molecular flexibility index (Phi) is 5.05. The molecular formula is C16H20FN5O2. The smallest absolute Gasteiger partial charge is 0.317 e. The van der Waals surface area contributed by atoms with Gasteiger partial charge in [0.25, 0.3) is 0 Å². The SMILES string of the molecule is Cn1cnnc1[C@H]1CN(C(=O)NCCc2ccc(F)cc2)CCO1. The summed E-state index contributed by atoms with van der Waals surface area (Å²) in [5.74, 6) is 0.449. The fourth-order valence-electron chi connectivity index (χ4n) is 2.65.